The Morgan fingerprint density at radius 1 is 0.842 bits per heavy atom. The van der Waals surface area contributed by atoms with Crippen LogP contribution in [0, 0.1) is 11.3 Å². The largest absolute Gasteiger partial charge is 0.327 e. The van der Waals surface area contributed by atoms with E-state index in [1.165, 1.54) is 11.1 Å². The van der Waals surface area contributed by atoms with Crippen molar-refractivity contribution >= 4 is 0 Å². The summed E-state index contributed by atoms with van der Waals surface area (Å²) in [5, 5.41) is 0. The molecule has 2 aromatic rings. The summed E-state index contributed by atoms with van der Waals surface area (Å²) in [6.45, 7) is 4.56. The quantitative estimate of drug-likeness (QED) is 0.882. The van der Waals surface area contributed by atoms with Gasteiger partial charge in [-0.1, -0.05) is 74.5 Å². The summed E-state index contributed by atoms with van der Waals surface area (Å²) in [5.41, 5.74) is 9.30. The first kappa shape index (κ1) is 12.4. The van der Waals surface area contributed by atoms with Gasteiger partial charge in [0.25, 0.3) is 0 Å². The van der Waals surface area contributed by atoms with Gasteiger partial charge >= 0.3 is 0 Å². The highest BCUT2D eigenvalue weighted by Gasteiger charge is 2.59. The Hall–Kier alpha value is -1.60. The molecule has 1 saturated carbocycles. The highest BCUT2D eigenvalue weighted by atomic mass is 14.8. The molecule has 2 unspecified atom stereocenters. The van der Waals surface area contributed by atoms with Gasteiger partial charge in [0.15, 0.2) is 0 Å². The summed E-state index contributed by atoms with van der Waals surface area (Å²) in [7, 11) is 0. The summed E-state index contributed by atoms with van der Waals surface area (Å²) >= 11 is 0. The maximum absolute atomic E-state index is 6.32. The molecule has 1 fully saturated rings. The molecule has 2 N–H and O–H groups in total. The molecule has 0 spiro atoms. The Kier molecular flexibility index (Phi) is 2.94. The van der Waals surface area contributed by atoms with Gasteiger partial charge in [0.2, 0.25) is 0 Å². The average molecular weight is 251 g/mol. The maximum atomic E-state index is 6.32. The third-order valence-electron chi connectivity index (χ3n) is 4.67. The van der Waals surface area contributed by atoms with Crippen LogP contribution in [-0.2, 0) is 0 Å². The van der Waals surface area contributed by atoms with Crippen molar-refractivity contribution in [2.24, 2.45) is 17.1 Å². The fraction of sp³-hybridized carbons (Fsp3) is 0.333. The molecular weight excluding hydrogens is 230 g/mol. The second-order valence-corrected chi connectivity index (χ2v) is 6.17. The predicted octanol–water partition coefficient (Wildman–Crippen LogP) is 3.80. The average Bonchev–Trinajstić information content (AvgIpc) is 2.92. The molecule has 2 atom stereocenters. The molecule has 0 saturated heterocycles. The van der Waals surface area contributed by atoms with Crippen LogP contribution in [0.15, 0.2) is 60.7 Å². The lowest BCUT2D eigenvalue weighted by atomic mass is 9.84. The fourth-order valence-electron chi connectivity index (χ4n) is 3.28. The van der Waals surface area contributed by atoms with E-state index in [-0.39, 0.29) is 11.5 Å². The van der Waals surface area contributed by atoms with Crippen LogP contribution < -0.4 is 5.73 Å². The van der Waals surface area contributed by atoms with Gasteiger partial charge in [-0.2, -0.15) is 0 Å². The zero-order valence-corrected chi connectivity index (χ0v) is 11.6. The third kappa shape index (κ3) is 2.08. The minimum absolute atomic E-state index is 0.232. The van der Waals surface area contributed by atoms with Crippen LogP contribution in [0.2, 0.25) is 0 Å². The molecule has 0 heterocycles. The first-order chi connectivity index (χ1) is 9.12. The summed E-state index contributed by atoms with van der Waals surface area (Å²) in [4.78, 5) is 0. The minimum Gasteiger partial charge on any atom is -0.327 e. The molecule has 1 aliphatic rings. The predicted molar refractivity (Wildman–Crippen MR) is 80.0 cm³/mol. The zero-order valence-electron chi connectivity index (χ0n) is 11.6. The molecule has 1 nitrogen and oxygen atoms in total. The molecule has 1 heteroatoms. The lowest BCUT2D eigenvalue weighted by molar-refractivity contribution is 0.518. The number of nitrogens with two attached hydrogens (primary N) is 1. The van der Waals surface area contributed by atoms with Gasteiger partial charge in [0, 0.05) is 12.0 Å². The highest BCUT2D eigenvalue weighted by molar-refractivity contribution is 5.38. The van der Waals surface area contributed by atoms with Crippen molar-refractivity contribution in [3.63, 3.8) is 0 Å². The number of rotatable bonds is 3. The van der Waals surface area contributed by atoms with Gasteiger partial charge in [-0.15, -0.1) is 0 Å². The molecule has 0 aromatic heterocycles. The molecule has 0 aliphatic heterocycles. The highest BCUT2D eigenvalue weighted by Crippen LogP contribution is 2.59. The Labute approximate surface area is 115 Å². The van der Waals surface area contributed by atoms with E-state index in [9.17, 15) is 0 Å². The van der Waals surface area contributed by atoms with Gasteiger partial charge in [-0.05, 0) is 22.5 Å². The van der Waals surface area contributed by atoms with E-state index in [1.807, 2.05) is 0 Å². The molecule has 1 aliphatic carbocycles. The van der Waals surface area contributed by atoms with E-state index >= 15 is 0 Å². The minimum atomic E-state index is 0.232. The summed E-state index contributed by atoms with van der Waals surface area (Å²) in [5.74, 6) is 0.935. The van der Waals surface area contributed by atoms with E-state index in [2.05, 4.69) is 74.5 Å². The lowest BCUT2D eigenvalue weighted by Crippen LogP contribution is -2.11. The molecule has 0 bridgehead atoms. The Morgan fingerprint density at radius 2 is 1.21 bits per heavy atom. The van der Waals surface area contributed by atoms with Crippen LogP contribution >= 0.6 is 0 Å². The number of hydrogen-bond acceptors (Lipinski definition) is 1. The van der Waals surface area contributed by atoms with Crippen LogP contribution in [-0.4, -0.2) is 6.04 Å². The van der Waals surface area contributed by atoms with Crippen molar-refractivity contribution < 1.29 is 0 Å². The van der Waals surface area contributed by atoms with Crippen molar-refractivity contribution in [1.29, 1.82) is 0 Å². The van der Waals surface area contributed by atoms with Crippen molar-refractivity contribution in [3.05, 3.63) is 71.8 Å². The van der Waals surface area contributed by atoms with Gasteiger partial charge < -0.3 is 5.73 Å². The topological polar surface area (TPSA) is 26.0 Å². The van der Waals surface area contributed by atoms with Crippen LogP contribution in [0.25, 0.3) is 0 Å². The summed E-state index contributed by atoms with van der Waals surface area (Å²) in [6.07, 6.45) is 0. The van der Waals surface area contributed by atoms with Crippen LogP contribution in [0.3, 0.4) is 0 Å². The van der Waals surface area contributed by atoms with Gasteiger partial charge in [-0.25, -0.2) is 0 Å². The van der Waals surface area contributed by atoms with Crippen LogP contribution in [0.4, 0.5) is 0 Å². The molecule has 0 radical (unpaired) electrons. The number of benzene rings is 2. The molecular formula is C18H21N. The summed E-state index contributed by atoms with van der Waals surface area (Å²) in [6, 6.07) is 21.8. The Bertz CT molecular complexity index is 505. The smallest absolute Gasteiger partial charge is 0.0138 e. The van der Waals surface area contributed by atoms with Crippen LogP contribution in [0.1, 0.15) is 30.9 Å². The van der Waals surface area contributed by atoms with E-state index in [0.717, 1.165) is 0 Å². The molecule has 98 valence electrons. The van der Waals surface area contributed by atoms with Crippen molar-refractivity contribution in [1.82, 2.24) is 0 Å². The monoisotopic (exact) mass is 251 g/mol. The molecule has 0 amide bonds. The van der Waals surface area contributed by atoms with Crippen molar-refractivity contribution in [2.75, 3.05) is 0 Å². The van der Waals surface area contributed by atoms with E-state index in [1.54, 1.807) is 0 Å². The molecule has 19 heavy (non-hydrogen) atoms. The second kappa shape index (κ2) is 4.50. The molecule has 3 rings (SSSR count). The number of hydrogen-bond donors (Lipinski definition) is 1. The second-order valence-electron chi connectivity index (χ2n) is 6.17. The van der Waals surface area contributed by atoms with Crippen LogP contribution in [0.5, 0.6) is 0 Å². The zero-order chi connectivity index (χ0) is 13.5. The first-order valence-corrected chi connectivity index (χ1v) is 6.98. The lowest BCUT2D eigenvalue weighted by Gasteiger charge is -2.19. The molecule has 2 aromatic carbocycles. The fourth-order valence-corrected chi connectivity index (χ4v) is 3.28. The van der Waals surface area contributed by atoms with E-state index in [4.69, 9.17) is 5.73 Å². The Balaban J connectivity index is 2.03. The first-order valence-electron chi connectivity index (χ1n) is 6.98. The third-order valence-corrected chi connectivity index (χ3v) is 4.67. The van der Waals surface area contributed by atoms with Gasteiger partial charge in [0.1, 0.15) is 0 Å². The Morgan fingerprint density at radius 3 is 1.53 bits per heavy atom. The van der Waals surface area contributed by atoms with E-state index in [0.29, 0.717) is 11.8 Å². The summed E-state index contributed by atoms with van der Waals surface area (Å²) < 4.78 is 0. The van der Waals surface area contributed by atoms with Gasteiger partial charge in [-0.3, -0.25) is 0 Å². The van der Waals surface area contributed by atoms with Crippen molar-refractivity contribution in [2.45, 2.75) is 25.8 Å². The van der Waals surface area contributed by atoms with E-state index < -0.39 is 0 Å². The standard InChI is InChI=1S/C18H21N/c1-18(2)16(17(18)19)15(13-9-5-3-6-10-13)14-11-7-4-8-12-14/h3-12,15-17H,19H2,1-2H3. The normalized spacial score (nSPS) is 24.4. The SMILES string of the molecule is CC1(C)C(N)C1C(c1ccccc1)c1ccccc1. The van der Waals surface area contributed by atoms with Crippen molar-refractivity contribution in [3.8, 4) is 0 Å². The van der Waals surface area contributed by atoms with Gasteiger partial charge in [0.05, 0.1) is 0 Å². The maximum Gasteiger partial charge on any atom is 0.0138 e.